The van der Waals surface area contributed by atoms with Crippen LogP contribution in [-0.2, 0) is 11.0 Å². The van der Waals surface area contributed by atoms with Crippen LogP contribution in [0.15, 0.2) is 24.3 Å². The highest BCUT2D eigenvalue weighted by Gasteiger charge is 2.41. The van der Waals surface area contributed by atoms with E-state index in [9.17, 15) is 18.3 Å². The molecule has 0 amide bonds. The zero-order chi connectivity index (χ0) is 14.2. The van der Waals surface area contributed by atoms with Gasteiger partial charge in [0.05, 0.1) is 12.0 Å². The van der Waals surface area contributed by atoms with Gasteiger partial charge in [-0.1, -0.05) is 45.0 Å². The fourth-order valence-corrected chi connectivity index (χ4v) is 2.09. The second kappa shape index (κ2) is 4.57. The summed E-state index contributed by atoms with van der Waals surface area (Å²) in [6.07, 6.45) is -5.64. The molecule has 1 nitrogen and oxygen atoms in total. The minimum atomic E-state index is -4.39. The molecule has 0 fully saturated rings. The number of halogens is 3. The minimum absolute atomic E-state index is 0.313. The Kier molecular flexibility index (Phi) is 3.82. The first kappa shape index (κ1) is 15.0. The van der Waals surface area contributed by atoms with E-state index in [0.29, 0.717) is 5.56 Å². The highest BCUT2D eigenvalue weighted by Crippen LogP contribution is 2.38. The normalized spacial score (nSPS) is 16.4. The minimum Gasteiger partial charge on any atom is -0.385 e. The summed E-state index contributed by atoms with van der Waals surface area (Å²) in [6, 6.07) is 6.75. The van der Waals surface area contributed by atoms with Crippen LogP contribution in [0.1, 0.15) is 45.2 Å². The second-order valence-corrected chi connectivity index (χ2v) is 5.86. The number of hydrogen-bond acceptors (Lipinski definition) is 1. The molecule has 0 aliphatic carbocycles. The Morgan fingerprint density at radius 1 is 0.944 bits per heavy atom. The Morgan fingerprint density at radius 2 is 1.39 bits per heavy atom. The lowest BCUT2D eigenvalue weighted by Crippen LogP contribution is -2.32. The van der Waals surface area contributed by atoms with Gasteiger partial charge in [-0.05, 0) is 23.5 Å². The van der Waals surface area contributed by atoms with Crippen LogP contribution in [0.5, 0.6) is 0 Å². The molecule has 0 aliphatic heterocycles. The molecular weight excluding hydrogens is 241 g/mol. The maximum absolute atomic E-state index is 12.5. The summed E-state index contributed by atoms with van der Waals surface area (Å²) in [7, 11) is 0. The van der Waals surface area contributed by atoms with Gasteiger partial charge in [-0.15, -0.1) is 0 Å². The molecule has 1 aromatic carbocycles. The highest BCUT2D eigenvalue weighted by molar-refractivity contribution is 5.36. The van der Waals surface area contributed by atoms with E-state index in [-0.39, 0.29) is 5.41 Å². The van der Waals surface area contributed by atoms with Crippen molar-refractivity contribution in [1.29, 1.82) is 0 Å². The zero-order valence-corrected chi connectivity index (χ0v) is 11.1. The Labute approximate surface area is 106 Å². The molecule has 1 rings (SSSR count). The fourth-order valence-electron chi connectivity index (χ4n) is 2.09. The molecule has 0 heterocycles. The molecule has 0 aromatic heterocycles. The first-order chi connectivity index (χ1) is 7.93. The third kappa shape index (κ3) is 3.73. The molecule has 1 aromatic rings. The van der Waals surface area contributed by atoms with E-state index < -0.39 is 18.2 Å². The monoisotopic (exact) mass is 260 g/mol. The van der Waals surface area contributed by atoms with E-state index in [2.05, 4.69) is 0 Å². The maximum Gasteiger partial charge on any atom is 0.392 e. The molecule has 0 spiro atoms. The van der Waals surface area contributed by atoms with Crippen LogP contribution in [0.25, 0.3) is 0 Å². The molecule has 1 atom stereocenters. The van der Waals surface area contributed by atoms with Gasteiger partial charge >= 0.3 is 6.18 Å². The van der Waals surface area contributed by atoms with Gasteiger partial charge in [0, 0.05) is 0 Å². The average molecular weight is 260 g/mol. The lowest BCUT2D eigenvalue weighted by Gasteiger charge is -2.32. The summed E-state index contributed by atoms with van der Waals surface area (Å²) in [5.41, 5.74) is -1.14. The molecule has 0 bridgehead atoms. The summed E-state index contributed by atoms with van der Waals surface area (Å²) in [4.78, 5) is 0. The summed E-state index contributed by atoms with van der Waals surface area (Å²) in [5, 5.41) is 10.1. The average Bonchev–Trinajstić information content (AvgIpc) is 2.12. The smallest absolute Gasteiger partial charge is 0.385 e. The standard InChI is InChI=1S/C14H19F3O/c1-12(2,3)10-7-5-6-8-11(10)13(4,18)9-14(15,16)17/h5-8,18H,9H2,1-4H3. The Morgan fingerprint density at radius 3 is 1.78 bits per heavy atom. The van der Waals surface area contributed by atoms with Crippen molar-refractivity contribution in [2.75, 3.05) is 0 Å². The first-order valence-corrected chi connectivity index (χ1v) is 5.83. The second-order valence-electron chi connectivity index (χ2n) is 5.86. The van der Waals surface area contributed by atoms with E-state index >= 15 is 0 Å². The maximum atomic E-state index is 12.5. The van der Waals surface area contributed by atoms with Gasteiger partial charge in [0.25, 0.3) is 0 Å². The van der Waals surface area contributed by atoms with Crippen LogP contribution < -0.4 is 0 Å². The van der Waals surface area contributed by atoms with E-state index in [1.54, 1.807) is 24.3 Å². The molecule has 1 N–H and O–H groups in total. The Balaban J connectivity index is 3.25. The van der Waals surface area contributed by atoms with Crippen molar-refractivity contribution in [3.8, 4) is 0 Å². The number of aliphatic hydroxyl groups is 1. The van der Waals surface area contributed by atoms with Crippen molar-refractivity contribution in [2.24, 2.45) is 0 Å². The quantitative estimate of drug-likeness (QED) is 0.847. The topological polar surface area (TPSA) is 20.2 Å². The lowest BCUT2D eigenvalue weighted by molar-refractivity contribution is -0.174. The first-order valence-electron chi connectivity index (χ1n) is 5.83. The van der Waals surface area contributed by atoms with E-state index in [1.807, 2.05) is 20.8 Å². The van der Waals surface area contributed by atoms with Crippen LogP contribution in [0.2, 0.25) is 0 Å². The molecule has 1 unspecified atom stereocenters. The van der Waals surface area contributed by atoms with Gasteiger partial charge in [0.2, 0.25) is 0 Å². The highest BCUT2D eigenvalue weighted by atomic mass is 19.4. The van der Waals surface area contributed by atoms with Crippen molar-refractivity contribution < 1.29 is 18.3 Å². The van der Waals surface area contributed by atoms with Gasteiger partial charge in [-0.3, -0.25) is 0 Å². The van der Waals surface area contributed by atoms with E-state index in [1.165, 1.54) is 6.92 Å². The summed E-state index contributed by atoms with van der Waals surface area (Å²) >= 11 is 0. The van der Waals surface area contributed by atoms with Gasteiger partial charge in [0.1, 0.15) is 0 Å². The number of alkyl halides is 3. The van der Waals surface area contributed by atoms with Crippen LogP contribution in [-0.4, -0.2) is 11.3 Å². The van der Waals surface area contributed by atoms with Crippen LogP contribution >= 0.6 is 0 Å². The van der Waals surface area contributed by atoms with Crippen LogP contribution in [0.3, 0.4) is 0 Å². The van der Waals surface area contributed by atoms with E-state index in [0.717, 1.165) is 5.56 Å². The molecule has 102 valence electrons. The lowest BCUT2D eigenvalue weighted by atomic mass is 9.78. The van der Waals surface area contributed by atoms with Crippen molar-refractivity contribution in [3.63, 3.8) is 0 Å². The number of benzene rings is 1. The zero-order valence-electron chi connectivity index (χ0n) is 11.1. The Hall–Kier alpha value is -1.03. The molecule has 18 heavy (non-hydrogen) atoms. The molecule has 0 aliphatic rings. The summed E-state index contributed by atoms with van der Waals surface area (Å²) in [5.74, 6) is 0. The Bertz CT molecular complexity index is 414. The van der Waals surface area contributed by atoms with Crippen molar-refractivity contribution >= 4 is 0 Å². The predicted molar refractivity (Wildman–Crippen MR) is 65.4 cm³/mol. The predicted octanol–water partition coefficient (Wildman–Crippen LogP) is 4.14. The number of rotatable bonds is 2. The van der Waals surface area contributed by atoms with Gasteiger partial charge < -0.3 is 5.11 Å². The van der Waals surface area contributed by atoms with Gasteiger partial charge in [-0.2, -0.15) is 13.2 Å². The third-order valence-corrected chi connectivity index (χ3v) is 2.86. The van der Waals surface area contributed by atoms with Crippen molar-refractivity contribution in [1.82, 2.24) is 0 Å². The molecule has 0 radical (unpaired) electrons. The van der Waals surface area contributed by atoms with Gasteiger partial charge in [-0.25, -0.2) is 0 Å². The fraction of sp³-hybridized carbons (Fsp3) is 0.571. The van der Waals surface area contributed by atoms with Crippen molar-refractivity contribution in [3.05, 3.63) is 35.4 Å². The SMILES string of the molecule is CC(C)(C)c1ccccc1C(C)(O)CC(F)(F)F. The molecule has 0 saturated heterocycles. The molecule has 0 saturated carbocycles. The molecular formula is C14H19F3O. The molecule has 4 heteroatoms. The van der Waals surface area contributed by atoms with Crippen LogP contribution in [0.4, 0.5) is 13.2 Å². The van der Waals surface area contributed by atoms with Crippen molar-refractivity contribution in [2.45, 2.75) is 51.3 Å². The number of hydrogen-bond donors (Lipinski definition) is 1. The largest absolute Gasteiger partial charge is 0.392 e. The van der Waals surface area contributed by atoms with E-state index in [4.69, 9.17) is 0 Å². The summed E-state index contributed by atoms with van der Waals surface area (Å²) in [6.45, 7) is 6.95. The third-order valence-electron chi connectivity index (χ3n) is 2.86. The van der Waals surface area contributed by atoms with Crippen LogP contribution in [0, 0.1) is 0 Å². The summed E-state index contributed by atoms with van der Waals surface area (Å²) < 4.78 is 37.5. The van der Waals surface area contributed by atoms with Gasteiger partial charge in [0.15, 0.2) is 0 Å².